The molecule has 1 atom stereocenters. The number of aromatic nitrogens is 2. The van der Waals surface area contributed by atoms with Gasteiger partial charge in [0.1, 0.15) is 5.82 Å². The van der Waals surface area contributed by atoms with Crippen molar-refractivity contribution in [2.45, 2.75) is 25.5 Å². The third kappa shape index (κ3) is 1.92. The van der Waals surface area contributed by atoms with E-state index >= 15 is 0 Å². The van der Waals surface area contributed by atoms with E-state index in [2.05, 4.69) is 4.98 Å². The van der Waals surface area contributed by atoms with Gasteiger partial charge in [-0.15, -0.1) is 0 Å². The van der Waals surface area contributed by atoms with Crippen molar-refractivity contribution in [3.63, 3.8) is 0 Å². The quantitative estimate of drug-likeness (QED) is 0.864. The van der Waals surface area contributed by atoms with E-state index in [9.17, 15) is 15.0 Å². The smallest absolute Gasteiger partial charge is 0.356 e. The Balaban J connectivity index is 2.22. The number of carbonyl (C=O) groups is 1. The van der Waals surface area contributed by atoms with Gasteiger partial charge in [-0.05, 0) is 12.8 Å². The number of benzene rings is 1. The van der Waals surface area contributed by atoms with E-state index in [0.29, 0.717) is 24.5 Å². The third-order valence-corrected chi connectivity index (χ3v) is 3.42. The molecule has 5 heteroatoms. The molecule has 0 amide bonds. The normalized spacial score (nSPS) is 18.1. The number of aliphatic hydroxyl groups excluding tert-OH is 1. The van der Waals surface area contributed by atoms with Crippen molar-refractivity contribution in [3.8, 4) is 11.4 Å². The average molecular weight is 258 g/mol. The van der Waals surface area contributed by atoms with E-state index in [1.165, 1.54) is 0 Å². The molecule has 0 spiro atoms. The molecular formula is C14H14N2O3. The van der Waals surface area contributed by atoms with Crippen molar-refractivity contribution in [3.05, 3.63) is 41.7 Å². The summed E-state index contributed by atoms with van der Waals surface area (Å²) in [6.07, 6.45) is 0.661. The fourth-order valence-electron chi connectivity index (χ4n) is 2.57. The predicted molar refractivity (Wildman–Crippen MR) is 68.8 cm³/mol. The topological polar surface area (TPSA) is 75.3 Å². The van der Waals surface area contributed by atoms with Gasteiger partial charge >= 0.3 is 5.97 Å². The van der Waals surface area contributed by atoms with E-state index in [1.54, 1.807) is 0 Å². The maximum absolute atomic E-state index is 11.3. The standard InChI is InChI=1S/C14H14N2O3/c17-10-7-4-8-16-12(10)11(14(18)19)15-13(16)9-5-2-1-3-6-9/h1-3,5-6,10,17H,4,7-8H2,(H,18,19). The van der Waals surface area contributed by atoms with Gasteiger partial charge in [0.05, 0.1) is 11.8 Å². The summed E-state index contributed by atoms with van der Waals surface area (Å²) in [6, 6.07) is 9.45. The SMILES string of the molecule is O=C(O)c1nc(-c2ccccc2)n2c1C(O)CCC2. The van der Waals surface area contributed by atoms with Crippen LogP contribution in [0, 0.1) is 0 Å². The molecule has 2 aromatic rings. The molecule has 5 nitrogen and oxygen atoms in total. The number of aliphatic hydroxyl groups is 1. The maximum atomic E-state index is 11.3. The lowest BCUT2D eigenvalue weighted by Crippen LogP contribution is -2.18. The van der Waals surface area contributed by atoms with Crippen LogP contribution >= 0.6 is 0 Å². The Morgan fingerprint density at radius 1 is 1.32 bits per heavy atom. The van der Waals surface area contributed by atoms with E-state index in [4.69, 9.17) is 0 Å². The van der Waals surface area contributed by atoms with Gasteiger partial charge in [0, 0.05) is 12.1 Å². The summed E-state index contributed by atoms with van der Waals surface area (Å²) in [7, 11) is 0. The highest BCUT2D eigenvalue weighted by molar-refractivity contribution is 5.88. The zero-order valence-corrected chi connectivity index (χ0v) is 10.3. The molecule has 1 aliphatic rings. The van der Waals surface area contributed by atoms with Crippen molar-refractivity contribution in [2.24, 2.45) is 0 Å². The number of aromatic carboxylic acids is 1. The lowest BCUT2D eigenvalue weighted by molar-refractivity contribution is 0.0677. The molecule has 1 aromatic heterocycles. The number of hydrogen-bond acceptors (Lipinski definition) is 3. The maximum Gasteiger partial charge on any atom is 0.356 e. The Labute approximate surface area is 110 Å². The van der Waals surface area contributed by atoms with Crippen molar-refractivity contribution < 1.29 is 15.0 Å². The number of fused-ring (bicyclic) bond motifs is 1. The van der Waals surface area contributed by atoms with Crippen molar-refractivity contribution in [1.29, 1.82) is 0 Å². The zero-order chi connectivity index (χ0) is 13.4. The van der Waals surface area contributed by atoms with Gasteiger partial charge in [0.15, 0.2) is 5.69 Å². The molecule has 98 valence electrons. The van der Waals surface area contributed by atoms with Gasteiger partial charge in [-0.2, -0.15) is 0 Å². The molecule has 0 saturated carbocycles. The second kappa shape index (κ2) is 4.51. The third-order valence-electron chi connectivity index (χ3n) is 3.42. The van der Waals surface area contributed by atoms with Crippen LogP contribution in [0.3, 0.4) is 0 Å². The summed E-state index contributed by atoms with van der Waals surface area (Å²) in [5.41, 5.74) is 1.26. The van der Waals surface area contributed by atoms with Crippen LogP contribution in [0.15, 0.2) is 30.3 Å². The monoisotopic (exact) mass is 258 g/mol. The van der Waals surface area contributed by atoms with Crippen molar-refractivity contribution in [1.82, 2.24) is 9.55 Å². The van der Waals surface area contributed by atoms with Gasteiger partial charge in [0.25, 0.3) is 0 Å². The molecule has 0 bridgehead atoms. The van der Waals surface area contributed by atoms with Crippen LogP contribution in [0.1, 0.15) is 35.1 Å². The Kier molecular flexibility index (Phi) is 2.83. The minimum atomic E-state index is -1.09. The van der Waals surface area contributed by atoms with Gasteiger partial charge < -0.3 is 14.8 Å². The fourth-order valence-corrected chi connectivity index (χ4v) is 2.57. The number of carboxylic acid groups (broad SMARTS) is 1. The van der Waals surface area contributed by atoms with Crippen LogP contribution < -0.4 is 0 Å². The average Bonchev–Trinajstić information content (AvgIpc) is 2.81. The Morgan fingerprint density at radius 2 is 2.05 bits per heavy atom. The van der Waals surface area contributed by atoms with E-state index < -0.39 is 12.1 Å². The highest BCUT2D eigenvalue weighted by atomic mass is 16.4. The molecule has 1 aromatic carbocycles. The number of rotatable bonds is 2. The van der Waals surface area contributed by atoms with Crippen LogP contribution in [-0.2, 0) is 6.54 Å². The van der Waals surface area contributed by atoms with Gasteiger partial charge in [0.2, 0.25) is 0 Å². The second-order valence-corrected chi connectivity index (χ2v) is 4.65. The lowest BCUT2D eigenvalue weighted by Gasteiger charge is -2.21. The summed E-state index contributed by atoms with van der Waals surface area (Å²) in [5, 5.41) is 19.3. The highest BCUT2D eigenvalue weighted by Crippen LogP contribution is 2.32. The highest BCUT2D eigenvalue weighted by Gasteiger charge is 2.29. The summed E-state index contributed by atoms with van der Waals surface area (Å²) in [5.74, 6) is -0.473. The minimum absolute atomic E-state index is 0.0361. The second-order valence-electron chi connectivity index (χ2n) is 4.65. The van der Waals surface area contributed by atoms with Crippen molar-refractivity contribution in [2.75, 3.05) is 0 Å². The fraction of sp³-hybridized carbons (Fsp3) is 0.286. The molecule has 0 radical (unpaired) electrons. The van der Waals surface area contributed by atoms with Crippen LogP contribution in [0.25, 0.3) is 11.4 Å². The summed E-state index contributed by atoms with van der Waals surface area (Å²) in [6.45, 7) is 0.691. The molecular weight excluding hydrogens is 244 g/mol. The summed E-state index contributed by atoms with van der Waals surface area (Å²) >= 11 is 0. The number of carboxylic acids is 1. The Bertz CT molecular complexity index is 619. The molecule has 2 heterocycles. The van der Waals surface area contributed by atoms with Crippen LogP contribution in [0.2, 0.25) is 0 Å². The van der Waals surface area contributed by atoms with E-state index in [1.807, 2.05) is 34.9 Å². The molecule has 3 rings (SSSR count). The first-order valence-electron chi connectivity index (χ1n) is 6.25. The van der Waals surface area contributed by atoms with E-state index in [-0.39, 0.29) is 5.69 Å². The predicted octanol–water partition coefficient (Wildman–Crippen LogP) is 2.08. The van der Waals surface area contributed by atoms with E-state index in [0.717, 1.165) is 12.0 Å². The van der Waals surface area contributed by atoms with Crippen LogP contribution in [0.5, 0.6) is 0 Å². The number of hydrogen-bond donors (Lipinski definition) is 2. The lowest BCUT2D eigenvalue weighted by atomic mass is 10.0. The Hall–Kier alpha value is -2.14. The minimum Gasteiger partial charge on any atom is -0.476 e. The largest absolute Gasteiger partial charge is 0.476 e. The van der Waals surface area contributed by atoms with Crippen LogP contribution in [0.4, 0.5) is 0 Å². The summed E-state index contributed by atoms with van der Waals surface area (Å²) < 4.78 is 1.83. The molecule has 0 saturated heterocycles. The molecule has 0 aliphatic carbocycles. The number of nitrogens with zero attached hydrogens (tertiary/aromatic N) is 2. The van der Waals surface area contributed by atoms with Gasteiger partial charge in [-0.25, -0.2) is 9.78 Å². The molecule has 1 unspecified atom stereocenters. The summed E-state index contributed by atoms with van der Waals surface area (Å²) in [4.78, 5) is 15.5. The van der Waals surface area contributed by atoms with Crippen molar-refractivity contribution >= 4 is 5.97 Å². The zero-order valence-electron chi connectivity index (χ0n) is 10.3. The first-order valence-corrected chi connectivity index (χ1v) is 6.25. The molecule has 0 fully saturated rings. The first-order chi connectivity index (χ1) is 9.18. The first kappa shape index (κ1) is 11.9. The van der Waals surface area contributed by atoms with Gasteiger partial charge in [-0.1, -0.05) is 30.3 Å². The number of imidazole rings is 1. The molecule has 19 heavy (non-hydrogen) atoms. The van der Waals surface area contributed by atoms with Gasteiger partial charge in [-0.3, -0.25) is 0 Å². The Morgan fingerprint density at radius 3 is 2.74 bits per heavy atom. The molecule has 2 N–H and O–H groups in total. The van der Waals surface area contributed by atoms with Crippen LogP contribution in [-0.4, -0.2) is 25.7 Å². The molecule has 1 aliphatic heterocycles.